The maximum absolute atomic E-state index is 13.3. The summed E-state index contributed by atoms with van der Waals surface area (Å²) in [6.45, 7) is 11.3. The molecular formula is C22H31N2O2+. The second-order valence-corrected chi connectivity index (χ2v) is 8.83. The number of hydrogen-bond donors (Lipinski definition) is 0. The van der Waals surface area contributed by atoms with Crippen molar-refractivity contribution in [3.8, 4) is 0 Å². The Bertz CT molecular complexity index is 673. The largest absolute Gasteiger partial charge is 0.461 e. The Morgan fingerprint density at radius 2 is 1.69 bits per heavy atom. The third kappa shape index (κ3) is 3.78. The molecule has 140 valence electrons. The summed E-state index contributed by atoms with van der Waals surface area (Å²) in [5.74, 6) is 0.252. The normalized spacial score (nSPS) is 23.2. The third-order valence-electron chi connectivity index (χ3n) is 6.58. The van der Waals surface area contributed by atoms with E-state index in [1.54, 1.807) is 0 Å². The highest BCUT2D eigenvalue weighted by molar-refractivity contribution is 5.83. The number of carbonyl (C=O) groups excluding carboxylic acids is 1. The van der Waals surface area contributed by atoms with E-state index in [0.29, 0.717) is 11.6 Å². The zero-order valence-corrected chi connectivity index (χ0v) is 16.3. The smallest absolute Gasteiger partial charge is 0.316 e. The summed E-state index contributed by atoms with van der Waals surface area (Å²) in [6, 6.07) is 7.55. The molecule has 1 unspecified atom stereocenters. The second kappa shape index (κ2) is 7.40. The SMILES string of the molecule is [C-]#[N+]c1ccc(C(C)(C(=O)OC2CC[N+](C)(C)CC2)C2CCCC2)cc1. The van der Waals surface area contributed by atoms with Gasteiger partial charge in [-0.1, -0.05) is 37.1 Å². The van der Waals surface area contributed by atoms with Crippen LogP contribution < -0.4 is 0 Å². The average molecular weight is 356 g/mol. The van der Waals surface area contributed by atoms with E-state index in [1.165, 1.54) is 12.8 Å². The summed E-state index contributed by atoms with van der Waals surface area (Å²) in [7, 11) is 4.47. The second-order valence-electron chi connectivity index (χ2n) is 8.83. The number of likely N-dealkylation sites (tertiary alicyclic amines) is 1. The lowest BCUT2D eigenvalue weighted by Gasteiger charge is -2.39. The molecular weight excluding hydrogens is 324 g/mol. The number of nitrogens with zero attached hydrogens (tertiary/aromatic N) is 2. The van der Waals surface area contributed by atoms with Crippen molar-refractivity contribution in [3.05, 3.63) is 41.2 Å². The van der Waals surface area contributed by atoms with Crippen LogP contribution in [0, 0.1) is 12.5 Å². The molecule has 4 heteroatoms. The van der Waals surface area contributed by atoms with E-state index in [4.69, 9.17) is 11.3 Å². The van der Waals surface area contributed by atoms with Gasteiger partial charge in [-0.25, -0.2) is 4.85 Å². The quantitative estimate of drug-likeness (QED) is 0.453. The van der Waals surface area contributed by atoms with Gasteiger partial charge >= 0.3 is 5.97 Å². The van der Waals surface area contributed by atoms with Gasteiger partial charge in [0.15, 0.2) is 5.69 Å². The average Bonchev–Trinajstić information content (AvgIpc) is 3.18. The van der Waals surface area contributed by atoms with Gasteiger partial charge in [0.05, 0.1) is 39.2 Å². The highest BCUT2D eigenvalue weighted by Gasteiger charge is 2.46. The molecule has 1 aliphatic carbocycles. The van der Waals surface area contributed by atoms with Crippen molar-refractivity contribution in [2.75, 3.05) is 27.2 Å². The molecule has 1 aromatic carbocycles. The van der Waals surface area contributed by atoms with Crippen LogP contribution in [0.25, 0.3) is 4.85 Å². The Balaban J connectivity index is 1.81. The number of benzene rings is 1. The zero-order chi connectivity index (χ0) is 18.8. The van der Waals surface area contributed by atoms with Crippen LogP contribution in [0.5, 0.6) is 0 Å². The van der Waals surface area contributed by atoms with Crippen molar-refractivity contribution in [2.45, 2.75) is 57.0 Å². The first kappa shape index (κ1) is 18.9. The van der Waals surface area contributed by atoms with Crippen molar-refractivity contribution < 1.29 is 14.0 Å². The van der Waals surface area contributed by atoms with Gasteiger partial charge in [0, 0.05) is 12.8 Å². The highest BCUT2D eigenvalue weighted by Crippen LogP contribution is 2.44. The van der Waals surface area contributed by atoms with Gasteiger partial charge in [-0.05, 0) is 31.2 Å². The van der Waals surface area contributed by atoms with Crippen molar-refractivity contribution in [2.24, 2.45) is 5.92 Å². The minimum atomic E-state index is -0.612. The fourth-order valence-electron chi connectivity index (χ4n) is 4.54. The van der Waals surface area contributed by atoms with Crippen LogP contribution in [0.4, 0.5) is 5.69 Å². The molecule has 0 spiro atoms. The fourth-order valence-corrected chi connectivity index (χ4v) is 4.54. The Hall–Kier alpha value is -1.86. The number of ether oxygens (including phenoxy) is 1. The lowest BCUT2D eigenvalue weighted by atomic mass is 9.70. The molecule has 2 aliphatic rings. The molecule has 3 rings (SSSR count). The van der Waals surface area contributed by atoms with Crippen LogP contribution >= 0.6 is 0 Å². The monoisotopic (exact) mass is 355 g/mol. The Morgan fingerprint density at radius 3 is 2.23 bits per heavy atom. The molecule has 0 aromatic heterocycles. The summed E-state index contributed by atoms with van der Waals surface area (Å²) in [4.78, 5) is 16.8. The fraction of sp³-hybridized carbons (Fsp3) is 0.636. The molecule has 1 atom stereocenters. The summed E-state index contributed by atoms with van der Waals surface area (Å²) in [5, 5.41) is 0. The Kier molecular flexibility index (Phi) is 5.39. The molecule has 1 aliphatic heterocycles. The number of rotatable bonds is 4. The Labute approximate surface area is 157 Å². The summed E-state index contributed by atoms with van der Waals surface area (Å²) in [6.07, 6.45) is 6.43. The van der Waals surface area contributed by atoms with Crippen molar-refractivity contribution >= 4 is 11.7 Å². The maximum Gasteiger partial charge on any atom is 0.316 e. The van der Waals surface area contributed by atoms with E-state index in [1.807, 2.05) is 24.3 Å². The third-order valence-corrected chi connectivity index (χ3v) is 6.58. The van der Waals surface area contributed by atoms with Crippen molar-refractivity contribution in [1.29, 1.82) is 0 Å². The molecule has 2 fully saturated rings. The van der Waals surface area contributed by atoms with Gasteiger partial charge in [0.25, 0.3) is 0 Å². The van der Waals surface area contributed by atoms with Gasteiger partial charge in [0.2, 0.25) is 0 Å². The first-order chi connectivity index (χ1) is 12.3. The first-order valence-electron chi connectivity index (χ1n) is 9.86. The number of piperidine rings is 1. The van der Waals surface area contributed by atoms with Crippen LogP contribution in [0.3, 0.4) is 0 Å². The van der Waals surface area contributed by atoms with Crippen LogP contribution in [0.1, 0.15) is 51.0 Å². The lowest BCUT2D eigenvalue weighted by Crippen LogP contribution is -2.50. The van der Waals surface area contributed by atoms with E-state index in [-0.39, 0.29) is 12.1 Å². The van der Waals surface area contributed by atoms with Gasteiger partial charge in [0.1, 0.15) is 6.10 Å². The van der Waals surface area contributed by atoms with Crippen LogP contribution in [0.15, 0.2) is 24.3 Å². The van der Waals surface area contributed by atoms with Gasteiger partial charge in [-0.15, -0.1) is 0 Å². The maximum atomic E-state index is 13.3. The standard InChI is InChI=1S/C22H31N2O2/c1-22(17-7-5-6-8-17,18-9-11-19(23-2)12-10-18)21(25)26-20-13-15-24(3,4)16-14-20/h9-12,17,20H,5-8,13-16H2,1,3-4H3/q+1. The molecule has 0 bridgehead atoms. The number of carbonyl (C=O) groups is 1. The van der Waals surface area contributed by atoms with Gasteiger partial charge < -0.3 is 9.22 Å². The van der Waals surface area contributed by atoms with Gasteiger partial charge in [-0.2, -0.15) is 0 Å². The van der Waals surface area contributed by atoms with Crippen LogP contribution in [-0.4, -0.2) is 43.7 Å². The molecule has 1 saturated carbocycles. The first-order valence-corrected chi connectivity index (χ1v) is 9.86. The Morgan fingerprint density at radius 1 is 1.12 bits per heavy atom. The van der Waals surface area contributed by atoms with Crippen molar-refractivity contribution in [3.63, 3.8) is 0 Å². The number of hydrogen-bond acceptors (Lipinski definition) is 2. The number of quaternary nitrogens is 1. The van der Waals surface area contributed by atoms with E-state index in [9.17, 15) is 4.79 Å². The molecule has 1 heterocycles. The van der Waals surface area contributed by atoms with Crippen LogP contribution in [-0.2, 0) is 14.9 Å². The van der Waals surface area contributed by atoms with E-state index in [2.05, 4.69) is 25.9 Å². The summed E-state index contributed by atoms with van der Waals surface area (Å²) in [5.41, 5.74) is 0.996. The minimum absolute atomic E-state index is 0.0388. The van der Waals surface area contributed by atoms with Crippen molar-refractivity contribution in [1.82, 2.24) is 0 Å². The molecule has 26 heavy (non-hydrogen) atoms. The predicted molar refractivity (Wildman–Crippen MR) is 103 cm³/mol. The minimum Gasteiger partial charge on any atom is -0.461 e. The van der Waals surface area contributed by atoms with E-state index >= 15 is 0 Å². The molecule has 4 nitrogen and oxygen atoms in total. The lowest BCUT2D eigenvalue weighted by molar-refractivity contribution is -0.896. The molecule has 0 radical (unpaired) electrons. The molecule has 1 aromatic rings. The highest BCUT2D eigenvalue weighted by atomic mass is 16.5. The topological polar surface area (TPSA) is 30.7 Å². The zero-order valence-electron chi connectivity index (χ0n) is 16.3. The van der Waals surface area contributed by atoms with E-state index in [0.717, 1.165) is 48.8 Å². The molecule has 1 saturated heterocycles. The summed E-state index contributed by atoms with van der Waals surface area (Å²) < 4.78 is 7.07. The molecule has 0 N–H and O–H groups in total. The number of esters is 1. The molecule has 0 amide bonds. The summed E-state index contributed by atoms with van der Waals surface area (Å²) >= 11 is 0. The van der Waals surface area contributed by atoms with Crippen LogP contribution in [0.2, 0.25) is 0 Å². The van der Waals surface area contributed by atoms with Gasteiger partial charge in [-0.3, -0.25) is 4.79 Å². The predicted octanol–water partition coefficient (Wildman–Crippen LogP) is 4.47. The van der Waals surface area contributed by atoms with E-state index < -0.39 is 5.41 Å².